The fourth-order valence-corrected chi connectivity index (χ4v) is 5.22. The first-order chi connectivity index (χ1) is 26.1. The molecular formula is C40H49ClK2N6O9. The molecule has 0 saturated carbocycles. The number of amidine groups is 2. The van der Waals surface area contributed by atoms with Crippen molar-refractivity contribution in [3.05, 3.63) is 130 Å². The van der Waals surface area contributed by atoms with Crippen molar-refractivity contribution in [2.24, 2.45) is 16.2 Å². The third-order valence-corrected chi connectivity index (χ3v) is 8.25. The molecule has 302 valence electrons. The van der Waals surface area contributed by atoms with Gasteiger partial charge in [-0.15, -0.1) is 0 Å². The molecule has 0 aliphatic carbocycles. The van der Waals surface area contributed by atoms with E-state index < -0.39 is 16.7 Å². The number of benzene rings is 4. The molecule has 6 rings (SSSR count). The van der Waals surface area contributed by atoms with Crippen LogP contribution in [0.3, 0.4) is 0 Å². The van der Waals surface area contributed by atoms with Crippen LogP contribution in [0.15, 0.2) is 107 Å². The zero-order valence-electron chi connectivity index (χ0n) is 34.7. The second kappa shape index (κ2) is 26.4. The molecule has 2 aliphatic heterocycles. The van der Waals surface area contributed by atoms with E-state index in [4.69, 9.17) is 46.6 Å². The van der Waals surface area contributed by atoms with Gasteiger partial charge in [-0.05, 0) is 77.4 Å². The first-order valence-corrected chi connectivity index (χ1v) is 17.0. The van der Waals surface area contributed by atoms with Crippen molar-refractivity contribution in [2.75, 3.05) is 14.2 Å². The number of halogens is 1. The van der Waals surface area contributed by atoms with E-state index in [9.17, 15) is 9.59 Å². The van der Waals surface area contributed by atoms with Crippen LogP contribution < -0.4 is 129 Å². The maximum atomic E-state index is 12.8. The molecule has 2 heterocycles. The van der Waals surface area contributed by atoms with Gasteiger partial charge in [-0.2, -0.15) is 0 Å². The van der Waals surface area contributed by atoms with Crippen LogP contribution in [0.1, 0.15) is 79.5 Å². The van der Waals surface area contributed by atoms with E-state index >= 15 is 0 Å². The van der Waals surface area contributed by atoms with Crippen LogP contribution in [0.5, 0.6) is 11.5 Å². The van der Waals surface area contributed by atoms with Crippen molar-refractivity contribution in [1.29, 1.82) is 0 Å². The van der Waals surface area contributed by atoms with Crippen LogP contribution in [-0.2, 0) is 19.4 Å². The van der Waals surface area contributed by atoms with Gasteiger partial charge in [0.2, 0.25) is 11.4 Å². The summed E-state index contributed by atoms with van der Waals surface area (Å²) in [5, 5.41) is 19.3. The van der Waals surface area contributed by atoms with Crippen molar-refractivity contribution in [2.45, 2.75) is 60.4 Å². The number of hydrazine groups is 2. The van der Waals surface area contributed by atoms with Gasteiger partial charge < -0.3 is 30.7 Å². The minimum atomic E-state index is -0.798. The number of carbonyl (C=O) groups is 3. The first kappa shape index (κ1) is 55.1. The molecule has 0 spiro atoms. The number of ether oxygens (including phenoxy) is 2. The summed E-state index contributed by atoms with van der Waals surface area (Å²) in [6.07, 6.45) is 0. The third-order valence-electron chi connectivity index (χ3n) is 8.05. The number of carbonyl (C=O) groups excluding carboxylic acids is 3. The quantitative estimate of drug-likeness (QED) is 0.0601. The Balaban J connectivity index is 0. The van der Waals surface area contributed by atoms with Crippen LogP contribution in [0, 0.1) is 13.8 Å². The summed E-state index contributed by atoms with van der Waals surface area (Å²) >= 11 is 5.34. The molecule has 1 amide bonds. The Morgan fingerprint density at radius 3 is 1.59 bits per heavy atom. The number of hydrogen-bond donors (Lipinski definition) is 2. The largest absolute Gasteiger partial charge is 1.00 e. The topological polar surface area (TPSA) is 190 Å². The van der Waals surface area contributed by atoms with Gasteiger partial charge in [0.25, 0.3) is 17.6 Å². The molecule has 0 bridgehead atoms. The van der Waals surface area contributed by atoms with Crippen LogP contribution in [0.25, 0.3) is 0 Å². The second-order valence-electron chi connectivity index (χ2n) is 12.5. The number of rotatable bonds is 8. The van der Waals surface area contributed by atoms with E-state index in [2.05, 4.69) is 20.6 Å². The summed E-state index contributed by atoms with van der Waals surface area (Å²) in [5.74, 6) is 8.18. The van der Waals surface area contributed by atoms with E-state index in [1.54, 1.807) is 56.5 Å². The fraction of sp³-hybridized carbons (Fsp3) is 0.275. The van der Waals surface area contributed by atoms with E-state index in [1.807, 2.05) is 101 Å². The van der Waals surface area contributed by atoms with Gasteiger partial charge in [-0.3, -0.25) is 19.8 Å². The van der Waals surface area contributed by atoms with Gasteiger partial charge in [0, 0.05) is 33.4 Å². The molecule has 4 aromatic rings. The average molecular weight is 872 g/mol. The van der Waals surface area contributed by atoms with Gasteiger partial charge in [-0.25, -0.2) is 15.9 Å². The Morgan fingerprint density at radius 1 is 0.759 bits per heavy atom. The predicted octanol–water partition coefficient (Wildman–Crippen LogP) is -0.0574. The zero-order valence-corrected chi connectivity index (χ0v) is 40.7. The number of methoxy groups -OCH3 is 2. The number of nitrogens with zero attached hydrogens (tertiary/aromatic N) is 4. The summed E-state index contributed by atoms with van der Waals surface area (Å²) < 4.78 is 10.3. The summed E-state index contributed by atoms with van der Waals surface area (Å²) in [4.78, 5) is 45.6. The molecule has 0 radical (unpaired) electrons. The van der Waals surface area contributed by atoms with Crippen LogP contribution in [-0.4, -0.2) is 65.0 Å². The summed E-state index contributed by atoms with van der Waals surface area (Å²) in [6, 6.07) is 29.9. The van der Waals surface area contributed by atoms with Gasteiger partial charge in [0.1, 0.15) is 11.5 Å². The van der Waals surface area contributed by atoms with E-state index in [1.165, 1.54) is 5.01 Å². The number of nitrogens with two attached hydrogens (primary N) is 1. The minimum Gasteiger partial charge on any atom is -1.00 e. The van der Waals surface area contributed by atoms with E-state index in [0.717, 1.165) is 22.3 Å². The first-order valence-electron chi connectivity index (χ1n) is 16.6. The van der Waals surface area contributed by atoms with Crippen molar-refractivity contribution < 1.29 is 148 Å². The maximum absolute atomic E-state index is 12.8. The Morgan fingerprint density at radius 2 is 1.17 bits per heavy atom. The predicted molar refractivity (Wildman–Crippen MR) is 212 cm³/mol. The molecule has 0 saturated heterocycles. The Hall–Kier alpha value is -2.89. The normalized spacial score (nSPS) is 13.6. The van der Waals surface area contributed by atoms with Crippen molar-refractivity contribution >= 4 is 40.9 Å². The molecular weight excluding hydrogens is 822 g/mol. The van der Waals surface area contributed by atoms with Gasteiger partial charge in [0.05, 0.1) is 14.2 Å². The monoisotopic (exact) mass is 870 g/mol. The number of oxime groups is 2. The molecule has 15 nitrogen and oxygen atoms in total. The smallest absolute Gasteiger partial charge is 1.00 e. The Bertz CT molecular complexity index is 2000. The molecule has 0 unspecified atom stereocenters. The Labute approximate surface area is 431 Å². The molecule has 0 atom stereocenters. The van der Waals surface area contributed by atoms with E-state index in [0.29, 0.717) is 34.3 Å². The van der Waals surface area contributed by atoms with Gasteiger partial charge in [0.15, 0.2) is 11.7 Å². The summed E-state index contributed by atoms with van der Waals surface area (Å²) in [5.41, 5.74) is 5.95. The minimum absolute atomic E-state index is 0. The standard InChI is InChI=1S/C19H21N3O3.C10H13N3O.C9H9ClO2.CH2O3.CH4.2K.H/c1-13-15(11-8-12-16(13)24-4)18(23)20-22-17(21-25-19(22,2)3)14-9-6-5-7-10-14;1-10(2)13(11)9(12-14-10)8-6-4-3-5-7-8;1-6-7(9(10)11)4-3-5-8(6)12-2;2-1-4-3;;;;/h5-12H,1-4H3,(H,20,23);3-7H,11H2,1-2H3;3-5H,1-2H3;1,3H;1H4;;;/q;;;;;2*+1;-1/p-1. The van der Waals surface area contributed by atoms with Crippen LogP contribution in [0.2, 0.25) is 0 Å². The molecule has 2 aliphatic rings. The summed E-state index contributed by atoms with van der Waals surface area (Å²) in [7, 11) is 3.15. The Kier molecular flexibility index (Phi) is 25.0. The average Bonchev–Trinajstić information content (AvgIpc) is 3.64. The van der Waals surface area contributed by atoms with Crippen molar-refractivity contribution in [3.63, 3.8) is 0 Å². The zero-order chi connectivity index (χ0) is 40.8. The maximum Gasteiger partial charge on any atom is 1.00 e. The van der Waals surface area contributed by atoms with Crippen molar-refractivity contribution in [3.8, 4) is 11.5 Å². The van der Waals surface area contributed by atoms with Crippen LogP contribution >= 0.6 is 11.6 Å². The molecule has 0 aromatic heterocycles. The molecule has 4 aromatic carbocycles. The number of amides is 1. The number of nitrogens with one attached hydrogen (secondary N) is 1. The third kappa shape index (κ3) is 15.0. The van der Waals surface area contributed by atoms with Crippen molar-refractivity contribution in [1.82, 2.24) is 15.4 Å². The number of hydrogen-bond acceptors (Lipinski definition) is 14. The summed E-state index contributed by atoms with van der Waals surface area (Å²) in [6.45, 7) is 10.9. The molecule has 0 fully saturated rings. The van der Waals surface area contributed by atoms with Gasteiger partial charge >= 0.3 is 103 Å². The molecule has 3 N–H and O–H groups in total. The van der Waals surface area contributed by atoms with Crippen LogP contribution in [0.4, 0.5) is 0 Å². The van der Waals surface area contributed by atoms with E-state index in [-0.39, 0.29) is 124 Å². The SMILES string of the molecule is C.CC1(C)ON=C(c2ccccc2)N1N.COc1cccc(C(=O)Cl)c1C.COc1cccc(C(=O)NN2C(c3ccccc3)=NOC2(C)C)c1C.O=CO[O-].[H-].[K+].[K+]. The van der Waals surface area contributed by atoms with Gasteiger partial charge in [-0.1, -0.05) is 90.5 Å². The fourth-order valence-electron chi connectivity index (χ4n) is 5.02. The second-order valence-corrected chi connectivity index (χ2v) is 12.9. The molecule has 58 heavy (non-hydrogen) atoms. The molecule has 18 heteroatoms.